The zero-order valence-electron chi connectivity index (χ0n) is 10.1. The third-order valence-corrected chi connectivity index (χ3v) is 2.89. The normalized spacial score (nSPS) is 24.7. The minimum Gasteiger partial charge on any atom is -0.467 e. The Balaban J connectivity index is 2.25. The smallest absolute Gasteiger partial charge is 0.329 e. The Labute approximate surface area is 95.9 Å². The van der Waals surface area contributed by atoms with Gasteiger partial charge in [0, 0.05) is 13.5 Å². The van der Waals surface area contributed by atoms with Crippen molar-refractivity contribution in [3.63, 3.8) is 0 Å². The van der Waals surface area contributed by atoms with E-state index in [1.807, 2.05) is 0 Å². The van der Waals surface area contributed by atoms with Crippen LogP contribution in [0.2, 0.25) is 0 Å². The first-order chi connectivity index (χ1) is 7.54. The number of hydrogen-bond donors (Lipinski definition) is 2. The van der Waals surface area contributed by atoms with Crippen LogP contribution < -0.4 is 10.6 Å². The maximum Gasteiger partial charge on any atom is 0.329 e. The van der Waals surface area contributed by atoms with Gasteiger partial charge in [-0.25, -0.2) is 4.79 Å². The fourth-order valence-electron chi connectivity index (χ4n) is 1.68. The van der Waals surface area contributed by atoms with E-state index in [-0.39, 0.29) is 5.91 Å². The van der Waals surface area contributed by atoms with Crippen LogP contribution in [0.4, 0.5) is 0 Å². The van der Waals surface area contributed by atoms with Gasteiger partial charge in [0.2, 0.25) is 5.91 Å². The van der Waals surface area contributed by atoms with Crippen molar-refractivity contribution in [2.75, 3.05) is 20.2 Å². The van der Waals surface area contributed by atoms with Crippen LogP contribution in [-0.2, 0) is 14.3 Å². The molecular formula is C11H20N2O3. The molecule has 1 fully saturated rings. The maximum atomic E-state index is 11.3. The standard InChI is InChI=1S/C11H20N2O3/c1-7-4-9(7)5-12-6-10(11(15)16-3)13-8(2)14/h7,9-10,12H,4-6H2,1-3H3,(H,13,14). The van der Waals surface area contributed by atoms with Crippen LogP contribution in [-0.4, -0.2) is 38.1 Å². The molecule has 16 heavy (non-hydrogen) atoms. The first-order valence-corrected chi connectivity index (χ1v) is 5.60. The second-order valence-corrected chi connectivity index (χ2v) is 4.41. The van der Waals surface area contributed by atoms with Gasteiger partial charge < -0.3 is 15.4 Å². The molecule has 92 valence electrons. The zero-order valence-corrected chi connectivity index (χ0v) is 10.1. The summed E-state index contributed by atoms with van der Waals surface area (Å²) in [6, 6.07) is -0.587. The molecule has 0 aromatic carbocycles. The predicted molar refractivity (Wildman–Crippen MR) is 59.8 cm³/mol. The molecule has 5 nitrogen and oxygen atoms in total. The number of methoxy groups -OCH3 is 1. The van der Waals surface area contributed by atoms with E-state index < -0.39 is 12.0 Å². The number of hydrogen-bond acceptors (Lipinski definition) is 4. The number of amides is 1. The Morgan fingerprint density at radius 1 is 1.50 bits per heavy atom. The topological polar surface area (TPSA) is 67.4 Å². The number of ether oxygens (including phenoxy) is 1. The van der Waals surface area contributed by atoms with Crippen molar-refractivity contribution < 1.29 is 14.3 Å². The van der Waals surface area contributed by atoms with E-state index in [9.17, 15) is 9.59 Å². The van der Waals surface area contributed by atoms with Crippen molar-refractivity contribution >= 4 is 11.9 Å². The molecule has 1 aliphatic carbocycles. The lowest BCUT2D eigenvalue weighted by atomic mass is 10.2. The van der Waals surface area contributed by atoms with Crippen LogP contribution in [0.1, 0.15) is 20.3 Å². The number of nitrogens with one attached hydrogen (secondary N) is 2. The lowest BCUT2D eigenvalue weighted by Gasteiger charge is -2.15. The number of rotatable bonds is 6. The largest absolute Gasteiger partial charge is 0.467 e. The van der Waals surface area contributed by atoms with Crippen molar-refractivity contribution in [3.8, 4) is 0 Å². The maximum absolute atomic E-state index is 11.3. The number of esters is 1. The van der Waals surface area contributed by atoms with Crippen LogP contribution in [0.25, 0.3) is 0 Å². The summed E-state index contributed by atoms with van der Waals surface area (Å²) in [5.41, 5.74) is 0. The minimum absolute atomic E-state index is 0.225. The Bertz CT molecular complexity index is 268. The average Bonchev–Trinajstić information content (AvgIpc) is 2.91. The lowest BCUT2D eigenvalue weighted by Crippen LogP contribution is -2.47. The fourth-order valence-corrected chi connectivity index (χ4v) is 1.68. The molecule has 0 saturated heterocycles. The van der Waals surface area contributed by atoms with Gasteiger partial charge in [0.05, 0.1) is 7.11 Å². The Hall–Kier alpha value is -1.10. The highest BCUT2D eigenvalue weighted by atomic mass is 16.5. The van der Waals surface area contributed by atoms with E-state index in [0.29, 0.717) is 6.54 Å². The molecule has 5 heteroatoms. The molecule has 0 heterocycles. The van der Waals surface area contributed by atoms with Gasteiger partial charge >= 0.3 is 5.97 Å². The summed E-state index contributed by atoms with van der Waals surface area (Å²) >= 11 is 0. The Morgan fingerprint density at radius 2 is 2.12 bits per heavy atom. The molecule has 0 aromatic heterocycles. The third kappa shape index (κ3) is 4.18. The summed E-state index contributed by atoms with van der Waals surface area (Å²) < 4.78 is 4.61. The van der Waals surface area contributed by atoms with Gasteiger partial charge in [-0.2, -0.15) is 0 Å². The average molecular weight is 228 g/mol. The molecule has 0 spiro atoms. The van der Waals surface area contributed by atoms with Gasteiger partial charge in [-0.05, 0) is 24.8 Å². The van der Waals surface area contributed by atoms with E-state index in [1.54, 1.807) is 0 Å². The van der Waals surface area contributed by atoms with Gasteiger partial charge in [-0.1, -0.05) is 6.92 Å². The van der Waals surface area contributed by atoms with Gasteiger partial charge in [0.15, 0.2) is 0 Å². The van der Waals surface area contributed by atoms with E-state index >= 15 is 0 Å². The Kier molecular flexibility index (Phi) is 4.73. The summed E-state index contributed by atoms with van der Waals surface area (Å²) in [5.74, 6) is 0.865. The summed E-state index contributed by atoms with van der Waals surface area (Å²) in [6.07, 6.45) is 1.25. The first kappa shape index (κ1) is 13.0. The molecule has 3 atom stereocenters. The van der Waals surface area contributed by atoms with E-state index in [1.165, 1.54) is 20.5 Å². The Morgan fingerprint density at radius 3 is 2.56 bits per heavy atom. The summed E-state index contributed by atoms with van der Waals surface area (Å²) in [7, 11) is 1.32. The second kappa shape index (κ2) is 5.84. The molecule has 2 N–H and O–H groups in total. The summed E-state index contributed by atoms with van der Waals surface area (Å²) in [5, 5.41) is 5.74. The van der Waals surface area contributed by atoms with Crippen LogP contribution >= 0.6 is 0 Å². The van der Waals surface area contributed by atoms with Crippen LogP contribution in [0, 0.1) is 11.8 Å². The van der Waals surface area contributed by atoms with Crippen LogP contribution in [0.3, 0.4) is 0 Å². The van der Waals surface area contributed by atoms with Crippen molar-refractivity contribution in [2.45, 2.75) is 26.3 Å². The predicted octanol–water partition coefficient (Wildman–Crippen LogP) is -0.0903. The first-order valence-electron chi connectivity index (χ1n) is 5.60. The molecule has 0 aromatic rings. The monoisotopic (exact) mass is 228 g/mol. The number of carbonyl (C=O) groups excluding carboxylic acids is 2. The molecule has 1 aliphatic rings. The van der Waals surface area contributed by atoms with Gasteiger partial charge in [-0.15, -0.1) is 0 Å². The van der Waals surface area contributed by atoms with Crippen molar-refractivity contribution in [3.05, 3.63) is 0 Å². The second-order valence-electron chi connectivity index (χ2n) is 4.41. The molecule has 1 amide bonds. The highest BCUT2D eigenvalue weighted by Gasteiger charge is 2.32. The van der Waals surface area contributed by atoms with Crippen molar-refractivity contribution in [2.24, 2.45) is 11.8 Å². The van der Waals surface area contributed by atoms with Gasteiger partial charge in [-0.3, -0.25) is 4.79 Å². The SMILES string of the molecule is COC(=O)C(CNCC1CC1C)NC(C)=O. The van der Waals surface area contributed by atoms with E-state index in [4.69, 9.17) is 0 Å². The van der Waals surface area contributed by atoms with Crippen molar-refractivity contribution in [1.29, 1.82) is 0 Å². The van der Waals surface area contributed by atoms with E-state index in [2.05, 4.69) is 22.3 Å². The van der Waals surface area contributed by atoms with Crippen molar-refractivity contribution in [1.82, 2.24) is 10.6 Å². The van der Waals surface area contributed by atoms with Crippen LogP contribution in [0.15, 0.2) is 0 Å². The van der Waals surface area contributed by atoms with Crippen LogP contribution in [0.5, 0.6) is 0 Å². The summed E-state index contributed by atoms with van der Waals surface area (Å²) in [4.78, 5) is 22.2. The van der Waals surface area contributed by atoms with Gasteiger partial charge in [0.25, 0.3) is 0 Å². The molecule has 0 radical (unpaired) electrons. The summed E-state index contributed by atoms with van der Waals surface area (Å²) in [6.45, 7) is 4.92. The zero-order chi connectivity index (χ0) is 12.1. The third-order valence-electron chi connectivity index (χ3n) is 2.89. The number of carbonyl (C=O) groups is 2. The molecule has 0 aliphatic heterocycles. The van der Waals surface area contributed by atoms with Gasteiger partial charge in [0.1, 0.15) is 6.04 Å². The molecule has 1 saturated carbocycles. The highest BCUT2D eigenvalue weighted by Crippen LogP contribution is 2.36. The molecule has 1 rings (SSSR count). The van der Waals surface area contributed by atoms with E-state index in [0.717, 1.165) is 18.4 Å². The molecular weight excluding hydrogens is 208 g/mol. The fraction of sp³-hybridized carbons (Fsp3) is 0.818. The highest BCUT2D eigenvalue weighted by molar-refractivity contribution is 5.83. The quantitative estimate of drug-likeness (QED) is 0.623. The molecule has 0 bridgehead atoms. The molecule has 3 unspecified atom stereocenters. The lowest BCUT2D eigenvalue weighted by molar-refractivity contribution is -0.144. The minimum atomic E-state index is -0.587.